The van der Waals surface area contributed by atoms with Crippen LogP contribution < -0.4 is 15.4 Å². The molecule has 2 aliphatic rings. The molecular weight excluding hydrogens is 315 g/mol. The first-order valence-electron chi connectivity index (χ1n) is 6.90. The number of alkyl carbamates (subject to hydrolysis) is 1. The predicted octanol–water partition coefficient (Wildman–Crippen LogP) is 2.73. The Morgan fingerprint density at radius 3 is 2.86 bits per heavy atom. The molecule has 1 amide bonds. The van der Waals surface area contributed by atoms with E-state index >= 15 is 0 Å². The number of amides is 1. The summed E-state index contributed by atoms with van der Waals surface area (Å²) in [4.78, 5) is 11.0. The van der Waals surface area contributed by atoms with E-state index in [4.69, 9.17) is 32.7 Å². The average molecular weight is 331 g/mol. The van der Waals surface area contributed by atoms with Crippen molar-refractivity contribution in [3.63, 3.8) is 0 Å². The van der Waals surface area contributed by atoms with Crippen LogP contribution in [-0.4, -0.2) is 31.4 Å². The molecule has 1 saturated heterocycles. The van der Waals surface area contributed by atoms with Gasteiger partial charge in [-0.25, -0.2) is 4.79 Å². The molecule has 0 aromatic heterocycles. The Kier molecular flexibility index (Phi) is 4.42. The summed E-state index contributed by atoms with van der Waals surface area (Å²) in [5.74, 6) is 0.595. The Labute approximate surface area is 132 Å². The van der Waals surface area contributed by atoms with Crippen molar-refractivity contribution in [2.75, 3.05) is 13.2 Å². The number of carbonyl (C=O) groups excluding carboxylic acids is 1. The summed E-state index contributed by atoms with van der Waals surface area (Å²) in [6.07, 6.45) is 1.69. The van der Waals surface area contributed by atoms with E-state index < -0.39 is 6.09 Å². The Morgan fingerprint density at radius 1 is 1.38 bits per heavy atom. The van der Waals surface area contributed by atoms with E-state index in [1.54, 1.807) is 6.07 Å². The molecule has 1 unspecified atom stereocenters. The number of hydrogen-bond acceptors (Lipinski definition) is 4. The van der Waals surface area contributed by atoms with E-state index in [1.165, 1.54) is 12.8 Å². The van der Waals surface area contributed by atoms with E-state index in [9.17, 15) is 4.79 Å². The Bertz CT molecular complexity index is 549. The third-order valence-electron chi connectivity index (χ3n) is 3.41. The van der Waals surface area contributed by atoms with Crippen LogP contribution in [0.5, 0.6) is 5.75 Å². The first-order chi connectivity index (χ1) is 10.1. The van der Waals surface area contributed by atoms with Gasteiger partial charge in [-0.3, -0.25) is 0 Å². The number of cyclic esters (lactones) is 1. The van der Waals surface area contributed by atoms with Gasteiger partial charge in [0.2, 0.25) is 0 Å². The van der Waals surface area contributed by atoms with E-state index in [0.29, 0.717) is 34.9 Å². The summed E-state index contributed by atoms with van der Waals surface area (Å²) in [6, 6.07) is 4.07. The third kappa shape index (κ3) is 3.93. The Morgan fingerprint density at radius 2 is 2.19 bits per heavy atom. The smallest absolute Gasteiger partial charge is 0.407 e. The van der Waals surface area contributed by atoms with Crippen molar-refractivity contribution in [3.8, 4) is 5.75 Å². The molecule has 2 N–H and O–H groups in total. The molecule has 0 radical (unpaired) electrons. The minimum atomic E-state index is -0.415. The summed E-state index contributed by atoms with van der Waals surface area (Å²) in [5, 5.41) is 7.04. The van der Waals surface area contributed by atoms with E-state index in [1.807, 2.05) is 6.07 Å². The molecule has 2 fully saturated rings. The Balaban J connectivity index is 1.67. The van der Waals surface area contributed by atoms with Gasteiger partial charge in [-0.05, 0) is 25.0 Å². The fourth-order valence-electron chi connectivity index (χ4n) is 2.15. The van der Waals surface area contributed by atoms with E-state index in [-0.39, 0.29) is 12.7 Å². The first kappa shape index (κ1) is 14.8. The summed E-state index contributed by atoms with van der Waals surface area (Å²) < 4.78 is 10.8. The second kappa shape index (κ2) is 6.30. The van der Waals surface area contributed by atoms with Crippen LogP contribution in [0.3, 0.4) is 0 Å². The van der Waals surface area contributed by atoms with Crippen LogP contribution >= 0.6 is 23.2 Å². The average Bonchev–Trinajstić information content (AvgIpc) is 3.17. The number of benzene rings is 1. The lowest BCUT2D eigenvalue weighted by Crippen LogP contribution is -2.23. The van der Waals surface area contributed by atoms with E-state index in [0.717, 1.165) is 5.56 Å². The van der Waals surface area contributed by atoms with Crippen LogP contribution in [0, 0.1) is 0 Å². The summed E-state index contributed by atoms with van der Waals surface area (Å²) >= 11 is 12.3. The minimum Gasteiger partial charge on any atom is -0.488 e. The van der Waals surface area contributed by atoms with Gasteiger partial charge in [0, 0.05) is 23.2 Å². The highest BCUT2D eigenvalue weighted by Gasteiger charge is 2.25. The van der Waals surface area contributed by atoms with Gasteiger partial charge in [0.25, 0.3) is 0 Å². The fraction of sp³-hybridized carbons (Fsp3) is 0.500. The monoisotopic (exact) mass is 330 g/mol. The summed E-state index contributed by atoms with van der Waals surface area (Å²) in [7, 11) is 0. The van der Waals surface area contributed by atoms with Crippen molar-refractivity contribution in [3.05, 3.63) is 27.7 Å². The molecule has 5 nitrogen and oxygen atoms in total. The second-order valence-electron chi connectivity index (χ2n) is 5.25. The lowest BCUT2D eigenvalue weighted by molar-refractivity contribution is 0.104. The zero-order valence-electron chi connectivity index (χ0n) is 11.3. The molecule has 0 bridgehead atoms. The largest absolute Gasteiger partial charge is 0.488 e. The van der Waals surface area contributed by atoms with Crippen LogP contribution in [-0.2, 0) is 11.3 Å². The van der Waals surface area contributed by atoms with Crippen LogP contribution in [0.15, 0.2) is 12.1 Å². The molecule has 1 aliphatic carbocycles. The molecule has 3 rings (SSSR count). The van der Waals surface area contributed by atoms with Gasteiger partial charge in [0.15, 0.2) is 6.10 Å². The van der Waals surface area contributed by atoms with Crippen molar-refractivity contribution in [2.24, 2.45) is 0 Å². The fourth-order valence-corrected chi connectivity index (χ4v) is 2.74. The van der Waals surface area contributed by atoms with Crippen LogP contribution in [0.4, 0.5) is 4.79 Å². The number of rotatable bonds is 6. The van der Waals surface area contributed by atoms with Crippen molar-refractivity contribution < 1.29 is 14.3 Å². The molecule has 7 heteroatoms. The highest BCUT2D eigenvalue weighted by Crippen LogP contribution is 2.33. The molecule has 1 heterocycles. The molecule has 1 saturated carbocycles. The lowest BCUT2D eigenvalue weighted by Gasteiger charge is -2.16. The quantitative estimate of drug-likeness (QED) is 0.842. The van der Waals surface area contributed by atoms with Crippen LogP contribution in [0.25, 0.3) is 0 Å². The number of hydrogen-bond donors (Lipinski definition) is 2. The van der Waals surface area contributed by atoms with Gasteiger partial charge in [-0.15, -0.1) is 0 Å². The van der Waals surface area contributed by atoms with Gasteiger partial charge in [-0.1, -0.05) is 23.2 Å². The summed E-state index contributed by atoms with van der Waals surface area (Å²) in [6.45, 7) is 1.36. The van der Waals surface area contributed by atoms with Crippen LogP contribution in [0.2, 0.25) is 10.0 Å². The normalized spacial score (nSPS) is 21.0. The number of nitrogens with one attached hydrogen (secondary N) is 2. The molecule has 1 aromatic carbocycles. The molecule has 21 heavy (non-hydrogen) atoms. The maximum absolute atomic E-state index is 11.0. The Hall–Kier alpha value is -1.17. The van der Waals surface area contributed by atoms with Gasteiger partial charge in [0.05, 0.1) is 11.6 Å². The maximum Gasteiger partial charge on any atom is 0.407 e. The minimum absolute atomic E-state index is 0.260. The second-order valence-corrected chi connectivity index (χ2v) is 6.09. The third-order valence-corrected chi connectivity index (χ3v) is 3.90. The van der Waals surface area contributed by atoms with Gasteiger partial charge < -0.3 is 20.1 Å². The molecule has 114 valence electrons. The topological polar surface area (TPSA) is 59.6 Å². The molecule has 0 spiro atoms. The van der Waals surface area contributed by atoms with Crippen LogP contribution in [0.1, 0.15) is 18.4 Å². The SMILES string of the molecule is O=C1NCC(COc2c(Cl)cc(Cl)cc2CNC2CC2)O1. The molecule has 1 atom stereocenters. The molecular formula is C14H16Cl2N2O3. The molecule has 1 aliphatic heterocycles. The highest BCUT2D eigenvalue weighted by atomic mass is 35.5. The number of ether oxygens (including phenoxy) is 2. The van der Waals surface area contributed by atoms with E-state index in [2.05, 4.69) is 10.6 Å². The predicted molar refractivity (Wildman–Crippen MR) is 80.1 cm³/mol. The van der Waals surface area contributed by atoms with Gasteiger partial charge >= 0.3 is 6.09 Å². The number of halogens is 2. The van der Waals surface area contributed by atoms with Gasteiger partial charge in [-0.2, -0.15) is 0 Å². The van der Waals surface area contributed by atoms with Crippen molar-refractivity contribution in [2.45, 2.75) is 31.5 Å². The zero-order valence-corrected chi connectivity index (χ0v) is 12.8. The maximum atomic E-state index is 11.0. The number of carbonyl (C=O) groups is 1. The first-order valence-corrected chi connectivity index (χ1v) is 7.66. The van der Waals surface area contributed by atoms with Crippen molar-refractivity contribution in [1.82, 2.24) is 10.6 Å². The zero-order chi connectivity index (χ0) is 14.8. The van der Waals surface area contributed by atoms with Gasteiger partial charge in [0.1, 0.15) is 12.4 Å². The van der Waals surface area contributed by atoms with Crippen molar-refractivity contribution in [1.29, 1.82) is 0 Å². The molecule has 1 aromatic rings. The standard InChI is InChI=1S/C14H16Cl2N2O3/c15-9-3-8(5-17-10-1-2-10)13(12(16)4-9)20-7-11-6-18-14(19)21-11/h3-4,10-11,17H,1-2,5-7H2,(H,18,19). The van der Waals surface area contributed by atoms with Crippen molar-refractivity contribution >= 4 is 29.3 Å². The summed E-state index contributed by atoms with van der Waals surface area (Å²) in [5.41, 5.74) is 0.914. The lowest BCUT2D eigenvalue weighted by atomic mass is 10.2. The highest BCUT2D eigenvalue weighted by molar-refractivity contribution is 6.35.